The second-order valence-corrected chi connectivity index (χ2v) is 12.6. The lowest BCUT2D eigenvalue weighted by Gasteiger charge is -2.10. The van der Waals surface area contributed by atoms with Crippen LogP contribution in [0.1, 0.15) is 16.7 Å². The fraction of sp³-hybridized carbons (Fsp3) is 0. The Balaban J connectivity index is 1.30. The van der Waals surface area contributed by atoms with E-state index in [1.165, 1.54) is 21.8 Å². The maximum Gasteiger partial charge on any atom is 0.162 e. The van der Waals surface area contributed by atoms with Crippen molar-refractivity contribution in [3.8, 4) is 11.4 Å². The van der Waals surface area contributed by atoms with Crippen molar-refractivity contribution in [2.24, 2.45) is 15.7 Å². The number of hydrogen-bond acceptors (Lipinski definition) is 1. The van der Waals surface area contributed by atoms with Crippen LogP contribution in [0.5, 0.6) is 0 Å². The van der Waals surface area contributed by atoms with Gasteiger partial charge in [-0.1, -0.05) is 122 Å². The van der Waals surface area contributed by atoms with E-state index in [-0.39, 0.29) is 0 Å². The fourth-order valence-electron chi connectivity index (χ4n) is 7.11. The summed E-state index contributed by atoms with van der Waals surface area (Å²) in [6.07, 6.45) is 0. The second kappa shape index (κ2) is 12.5. The molecule has 0 radical (unpaired) electrons. The topological polar surface area (TPSA) is 60.6 Å². The van der Waals surface area contributed by atoms with Gasteiger partial charge in [0, 0.05) is 44.0 Å². The van der Waals surface area contributed by atoms with Crippen molar-refractivity contribution in [2.75, 3.05) is 0 Å². The molecule has 5 nitrogen and oxygen atoms in total. The van der Waals surface area contributed by atoms with Crippen molar-refractivity contribution < 1.29 is 0 Å². The molecule has 0 aliphatic carbocycles. The van der Waals surface area contributed by atoms with Gasteiger partial charge in [0.05, 0.1) is 27.8 Å². The molecule has 51 heavy (non-hydrogen) atoms. The molecule has 2 heterocycles. The molecule has 0 aliphatic heterocycles. The largest absolute Gasteiger partial charge is 0.383 e. The number of para-hydroxylation sites is 3. The third-order valence-corrected chi connectivity index (χ3v) is 9.50. The van der Waals surface area contributed by atoms with E-state index in [0.717, 1.165) is 49.9 Å². The van der Waals surface area contributed by atoms with Gasteiger partial charge in [0.2, 0.25) is 0 Å². The average molecular weight is 656 g/mol. The number of aromatic nitrogens is 2. The Bertz CT molecular complexity index is 2750. The standard InChI is InChI=1S/C46H33N5/c1-31(32-15-5-2-6-16-32)48-46(49-45(47)33-17-7-3-8-18-33)34-25-27-43-39(29-34)40-30-36(26-28-44(40)50(43)35-19-9-4-10-20-35)51-41-23-13-11-21-37(41)38-22-12-14-24-42(38)51/h2-30H,1H2,(H2,47,48,49). The summed E-state index contributed by atoms with van der Waals surface area (Å²) in [5, 5.41) is 4.67. The number of aliphatic imine (C=N–C) groups is 2. The zero-order valence-electron chi connectivity index (χ0n) is 27.8. The van der Waals surface area contributed by atoms with Gasteiger partial charge in [-0.2, -0.15) is 0 Å². The fourth-order valence-corrected chi connectivity index (χ4v) is 7.11. The lowest BCUT2D eigenvalue weighted by Crippen LogP contribution is -2.16. The predicted molar refractivity (Wildman–Crippen MR) is 214 cm³/mol. The Labute approximate surface area is 295 Å². The summed E-state index contributed by atoms with van der Waals surface area (Å²) in [6, 6.07) is 60.6. The lowest BCUT2D eigenvalue weighted by molar-refractivity contribution is 1.16. The molecule has 0 aliphatic rings. The molecule has 2 aromatic heterocycles. The van der Waals surface area contributed by atoms with E-state index in [1.54, 1.807) is 0 Å². The minimum Gasteiger partial charge on any atom is -0.383 e. The van der Waals surface area contributed by atoms with Gasteiger partial charge in [0.25, 0.3) is 0 Å². The van der Waals surface area contributed by atoms with Gasteiger partial charge in [-0.05, 0) is 66.2 Å². The highest BCUT2D eigenvalue weighted by Crippen LogP contribution is 2.37. The van der Waals surface area contributed by atoms with E-state index >= 15 is 0 Å². The molecular formula is C46H33N5. The molecule has 0 fully saturated rings. The van der Waals surface area contributed by atoms with Crippen molar-refractivity contribution in [2.45, 2.75) is 0 Å². The molecule has 0 atom stereocenters. The van der Waals surface area contributed by atoms with Gasteiger partial charge in [0.15, 0.2) is 5.84 Å². The molecule has 0 saturated carbocycles. The molecule has 7 aromatic carbocycles. The molecule has 242 valence electrons. The summed E-state index contributed by atoms with van der Waals surface area (Å²) < 4.78 is 4.69. The normalized spacial score (nSPS) is 12.3. The zero-order valence-corrected chi connectivity index (χ0v) is 27.8. The van der Waals surface area contributed by atoms with Gasteiger partial charge >= 0.3 is 0 Å². The van der Waals surface area contributed by atoms with Gasteiger partial charge in [0.1, 0.15) is 5.84 Å². The van der Waals surface area contributed by atoms with Crippen LogP contribution in [0.2, 0.25) is 0 Å². The van der Waals surface area contributed by atoms with Crippen LogP contribution < -0.4 is 5.73 Å². The highest BCUT2D eigenvalue weighted by Gasteiger charge is 2.18. The molecular weight excluding hydrogens is 623 g/mol. The minimum absolute atomic E-state index is 0.385. The third-order valence-electron chi connectivity index (χ3n) is 9.50. The van der Waals surface area contributed by atoms with E-state index in [9.17, 15) is 0 Å². The SMILES string of the molecule is C=C(/N=C(\N=C(/N)c1ccccc1)c1ccc2c(c1)c1cc(-n3c4ccccc4c4ccccc43)ccc1n2-c1ccccc1)c1ccccc1. The molecule has 5 heteroatoms. The molecule has 9 aromatic rings. The first-order valence-corrected chi connectivity index (χ1v) is 17.0. The van der Waals surface area contributed by atoms with Gasteiger partial charge < -0.3 is 14.9 Å². The number of rotatable bonds is 6. The van der Waals surface area contributed by atoms with Gasteiger partial charge in [-0.3, -0.25) is 0 Å². The number of nitrogens with zero attached hydrogens (tertiary/aromatic N) is 4. The maximum atomic E-state index is 6.63. The number of fused-ring (bicyclic) bond motifs is 6. The summed E-state index contributed by atoms with van der Waals surface area (Å²) in [6.45, 7) is 4.31. The quantitative estimate of drug-likeness (QED) is 0.141. The molecule has 2 N–H and O–H groups in total. The van der Waals surface area contributed by atoms with Crippen molar-refractivity contribution in [1.82, 2.24) is 9.13 Å². The minimum atomic E-state index is 0.385. The van der Waals surface area contributed by atoms with Gasteiger partial charge in [-0.15, -0.1) is 0 Å². The summed E-state index contributed by atoms with van der Waals surface area (Å²) >= 11 is 0. The Morgan fingerprint density at radius 1 is 0.412 bits per heavy atom. The van der Waals surface area contributed by atoms with E-state index in [2.05, 4.69) is 125 Å². The van der Waals surface area contributed by atoms with E-state index < -0.39 is 0 Å². The van der Waals surface area contributed by atoms with Crippen molar-refractivity contribution in [3.05, 3.63) is 199 Å². The summed E-state index contributed by atoms with van der Waals surface area (Å²) in [7, 11) is 0. The molecule has 0 spiro atoms. The van der Waals surface area contributed by atoms with Crippen LogP contribution in [0.15, 0.2) is 192 Å². The van der Waals surface area contributed by atoms with Crippen molar-refractivity contribution in [3.63, 3.8) is 0 Å². The van der Waals surface area contributed by atoms with Crippen LogP contribution in [0.25, 0.3) is 60.7 Å². The number of nitrogens with two attached hydrogens (primary N) is 1. The van der Waals surface area contributed by atoms with Crippen LogP contribution in [0, 0.1) is 0 Å². The molecule has 0 amide bonds. The van der Waals surface area contributed by atoms with E-state index in [1.807, 2.05) is 66.7 Å². The Hall–Kier alpha value is -6.98. The summed E-state index contributed by atoms with van der Waals surface area (Å²) in [5.41, 5.74) is 16.5. The Morgan fingerprint density at radius 3 is 1.55 bits per heavy atom. The summed E-state index contributed by atoms with van der Waals surface area (Å²) in [4.78, 5) is 9.94. The maximum absolute atomic E-state index is 6.63. The first-order chi connectivity index (χ1) is 25.1. The van der Waals surface area contributed by atoms with Crippen LogP contribution in [-0.4, -0.2) is 20.8 Å². The first-order valence-electron chi connectivity index (χ1n) is 17.0. The Kier molecular flexibility index (Phi) is 7.37. The van der Waals surface area contributed by atoms with E-state index in [0.29, 0.717) is 17.4 Å². The Morgan fingerprint density at radius 2 is 0.902 bits per heavy atom. The summed E-state index contributed by atoms with van der Waals surface area (Å²) in [5.74, 6) is 0.877. The highest BCUT2D eigenvalue weighted by molar-refractivity contribution is 6.17. The van der Waals surface area contributed by atoms with Crippen LogP contribution in [0.3, 0.4) is 0 Å². The predicted octanol–water partition coefficient (Wildman–Crippen LogP) is 10.7. The third kappa shape index (κ3) is 5.29. The highest BCUT2D eigenvalue weighted by atomic mass is 15.0. The lowest BCUT2D eigenvalue weighted by atomic mass is 10.1. The van der Waals surface area contributed by atoms with E-state index in [4.69, 9.17) is 15.7 Å². The van der Waals surface area contributed by atoms with Gasteiger partial charge in [-0.25, -0.2) is 9.98 Å². The van der Waals surface area contributed by atoms with Crippen LogP contribution in [0.4, 0.5) is 0 Å². The average Bonchev–Trinajstić information content (AvgIpc) is 3.70. The smallest absolute Gasteiger partial charge is 0.162 e. The van der Waals surface area contributed by atoms with Crippen LogP contribution >= 0.6 is 0 Å². The molecule has 9 rings (SSSR count). The van der Waals surface area contributed by atoms with Crippen molar-refractivity contribution in [1.29, 1.82) is 0 Å². The first kappa shape index (κ1) is 30.1. The number of hydrogen-bond donors (Lipinski definition) is 1. The number of amidine groups is 2. The number of benzene rings is 7. The second-order valence-electron chi connectivity index (χ2n) is 12.6. The molecule has 0 unspecified atom stereocenters. The molecule has 0 saturated heterocycles. The zero-order chi connectivity index (χ0) is 34.3. The van der Waals surface area contributed by atoms with Crippen LogP contribution in [-0.2, 0) is 0 Å². The molecule has 0 bridgehead atoms. The van der Waals surface area contributed by atoms with Crippen molar-refractivity contribution >= 4 is 61.0 Å². The monoisotopic (exact) mass is 655 g/mol.